The molecule has 4 nitrogen and oxygen atoms in total. The number of thioether (sulfide) groups is 1. The van der Waals surface area contributed by atoms with Crippen LogP contribution >= 0.6 is 11.8 Å². The molecule has 0 saturated heterocycles. The van der Waals surface area contributed by atoms with Crippen LogP contribution < -0.4 is 0 Å². The quantitative estimate of drug-likeness (QED) is 0.698. The second kappa shape index (κ2) is 8.56. The predicted molar refractivity (Wildman–Crippen MR) is 104 cm³/mol. The maximum absolute atomic E-state index is 13.1. The molecule has 1 aromatic carbocycles. The molecule has 0 aliphatic heterocycles. The van der Waals surface area contributed by atoms with E-state index in [1.54, 1.807) is 18.0 Å². The molecular formula is C20H27N3OS. The van der Waals surface area contributed by atoms with Gasteiger partial charge in [0.2, 0.25) is 0 Å². The summed E-state index contributed by atoms with van der Waals surface area (Å²) >= 11 is 1.72. The fourth-order valence-electron chi connectivity index (χ4n) is 3.40. The normalized spacial score (nSPS) is 15.3. The lowest BCUT2D eigenvalue weighted by Gasteiger charge is -2.31. The molecule has 5 heteroatoms. The molecule has 1 amide bonds. The minimum Gasteiger partial charge on any atom is -0.339 e. The Morgan fingerprint density at radius 2 is 1.96 bits per heavy atom. The number of hydrogen-bond donors (Lipinski definition) is 0. The standard InChI is InChI=1S/C20H27N3OS/c1-3-14-25-20-18(15-21-23(20)17-12-8-5-9-13-17)19(24)22(2)16-10-6-4-7-11-16/h5,8-9,12-13,15-16H,3-4,6-7,10-11,14H2,1-2H3. The van der Waals surface area contributed by atoms with Gasteiger partial charge in [-0.2, -0.15) is 5.10 Å². The fraction of sp³-hybridized carbons (Fsp3) is 0.500. The SMILES string of the molecule is CCCSc1c(C(=O)N(C)C2CCCCC2)cnn1-c1ccccc1. The number of hydrogen-bond acceptors (Lipinski definition) is 3. The van der Waals surface area contributed by atoms with Gasteiger partial charge in [0.05, 0.1) is 17.4 Å². The van der Waals surface area contributed by atoms with Crippen molar-refractivity contribution < 1.29 is 4.79 Å². The maximum atomic E-state index is 13.1. The van der Waals surface area contributed by atoms with E-state index in [1.165, 1.54) is 19.3 Å². The maximum Gasteiger partial charge on any atom is 0.258 e. The molecule has 3 rings (SSSR count). The van der Waals surface area contributed by atoms with E-state index in [-0.39, 0.29) is 5.91 Å². The molecule has 0 N–H and O–H groups in total. The van der Waals surface area contributed by atoms with Gasteiger partial charge in [0.25, 0.3) is 5.91 Å². The zero-order valence-electron chi connectivity index (χ0n) is 15.1. The van der Waals surface area contributed by atoms with E-state index in [2.05, 4.69) is 12.0 Å². The van der Waals surface area contributed by atoms with Gasteiger partial charge in [-0.3, -0.25) is 4.79 Å². The molecule has 0 atom stereocenters. The summed E-state index contributed by atoms with van der Waals surface area (Å²) in [5.74, 6) is 1.08. The first-order chi connectivity index (χ1) is 12.2. The summed E-state index contributed by atoms with van der Waals surface area (Å²) in [6.45, 7) is 2.16. The molecule has 2 aromatic rings. The lowest BCUT2D eigenvalue weighted by Crippen LogP contribution is -2.38. The zero-order valence-corrected chi connectivity index (χ0v) is 16.0. The topological polar surface area (TPSA) is 38.1 Å². The number of carbonyl (C=O) groups is 1. The fourth-order valence-corrected chi connectivity index (χ4v) is 4.37. The second-order valence-corrected chi connectivity index (χ2v) is 7.75. The van der Waals surface area contributed by atoms with Crippen LogP contribution in [-0.2, 0) is 0 Å². The Morgan fingerprint density at radius 3 is 2.64 bits per heavy atom. The van der Waals surface area contributed by atoms with Crippen LogP contribution in [-0.4, -0.2) is 39.4 Å². The number of amides is 1. The highest BCUT2D eigenvalue weighted by Crippen LogP contribution is 2.29. The lowest BCUT2D eigenvalue weighted by molar-refractivity contribution is 0.0692. The molecule has 1 heterocycles. The van der Waals surface area contributed by atoms with Gasteiger partial charge in [-0.05, 0) is 37.1 Å². The third kappa shape index (κ3) is 4.09. The molecule has 1 saturated carbocycles. The Labute approximate surface area is 154 Å². The monoisotopic (exact) mass is 357 g/mol. The van der Waals surface area contributed by atoms with E-state index in [1.807, 2.05) is 47.0 Å². The van der Waals surface area contributed by atoms with Crippen molar-refractivity contribution in [2.24, 2.45) is 0 Å². The Bertz CT molecular complexity index is 692. The average Bonchev–Trinajstić information content (AvgIpc) is 3.10. The highest BCUT2D eigenvalue weighted by Gasteiger charge is 2.27. The van der Waals surface area contributed by atoms with Crippen LogP contribution in [0, 0.1) is 0 Å². The van der Waals surface area contributed by atoms with Crippen molar-refractivity contribution >= 4 is 17.7 Å². The van der Waals surface area contributed by atoms with Crippen LogP contribution in [0.15, 0.2) is 41.6 Å². The van der Waals surface area contributed by atoms with Crippen molar-refractivity contribution in [1.82, 2.24) is 14.7 Å². The summed E-state index contributed by atoms with van der Waals surface area (Å²) in [4.78, 5) is 15.1. The molecule has 0 unspecified atom stereocenters. The molecule has 1 aromatic heterocycles. The van der Waals surface area contributed by atoms with E-state index < -0.39 is 0 Å². The summed E-state index contributed by atoms with van der Waals surface area (Å²) < 4.78 is 1.91. The Hall–Kier alpha value is -1.75. The van der Waals surface area contributed by atoms with Gasteiger partial charge in [0.1, 0.15) is 5.03 Å². The van der Waals surface area contributed by atoms with E-state index in [0.29, 0.717) is 6.04 Å². The first kappa shape index (κ1) is 18.1. The molecule has 1 aliphatic carbocycles. The van der Waals surface area contributed by atoms with Crippen molar-refractivity contribution in [3.8, 4) is 5.69 Å². The molecule has 1 aliphatic rings. The van der Waals surface area contributed by atoms with Crippen LogP contribution in [0.4, 0.5) is 0 Å². The highest BCUT2D eigenvalue weighted by atomic mass is 32.2. The third-order valence-electron chi connectivity index (χ3n) is 4.84. The number of rotatable bonds is 6. The summed E-state index contributed by atoms with van der Waals surface area (Å²) in [5.41, 5.74) is 1.73. The average molecular weight is 358 g/mol. The minimum atomic E-state index is 0.104. The Kier molecular flexibility index (Phi) is 6.19. The summed E-state index contributed by atoms with van der Waals surface area (Å²) in [6, 6.07) is 10.4. The van der Waals surface area contributed by atoms with Crippen molar-refractivity contribution in [2.75, 3.05) is 12.8 Å². The number of para-hydroxylation sites is 1. The van der Waals surface area contributed by atoms with Crippen LogP contribution in [0.1, 0.15) is 55.8 Å². The van der Waals surface area contributed by atoms with Gasteiger partial charge in [0.15, 0.2) is 0 Å². The van der Waals surface area contributed by atoms with Crippen LogP contribution in [0.3, 0.4) is 0 Å². The van der Waals surface area contributed by atoms with Crippen LogP contribution in [0.25, 0.3) is 5.69 Å². The molecule has 134 valence electrons. The van der Waals surface area contributed by atoms with Crippen LogP contribution in [0.5, 0.6) is 0 Å². The predicted octanol–water partition coefficient (Wildman–Crippen LogP) is 4.78. The molecule has 0 bridgehead atoms. The minimum absolute atomic E-state index is 0.104. The van der Waals surface area contributed by atoms with Gasteiger partial charge in [-0.15, -0.1) is 11.8 Å². The Balaban J connectivity index is 1.89. The largest absolute Gasteiger partial charge is 0.339 e. The van der Waals surface area contributed by atoms with Gasteiger partial charge in [0, 0.05) is 13.1 Å². The number of benzene rings is 1. The van der Waals surface area contributed by atoms with Crippen LogP contribution in [0.2, 0.25) is 0 Å². The van der Waals surface area contributed by atoms with E-state index in [0.717, 1.165) is 41.3 Å². The van der Waals surface area contributed by atoms with Gasteiger partial charge in [-0.1, -0.05) is 44.4 Å². The van der Waals surface area contributed by atoms with Crippen molar-refractivity contribution in [3.63, 3.8) is 0 Å². The van der Waals surface area contributed by atoms with Crippen molar-refractivity contribution in [3.05, 3.63) is 42.1 Å². The highest BCUT2D eigenvalue weighted by molar-refractivity contribution is 7.99. The van der Waals surface area contributed by atoms with Gasteiger partial charge in [-0.25, -0.2) is 4.68 Å². The smallest absolute Gasteiger partial charge is 0.258 e. The molecular weight excluding hydrogens is 330 g/mol. The first-order valence-electron chi connectivity index (χ1n) is 9.25. The van der Waals surface area contributed by atoms with E-state index in [9.17, 15) is 4.79 Å². The summed E-state index contributed by atoms with van der Waals surface area (Å²) in [5, 5.41) is 5.50. The number of nitrogens with zero attached hydrogens (tertiary/aromatic N) is 3. The van der Waals surface area contributed by atoms with Crippen molar-refractivity contribution in [1.29, 1.82) is 0 Å². The first-order valence-corrected chi connectivity index (χ1v) is 10.2. The zero-order chi connectivity index (χ0) is 17.6. The lowest BCUT2D eigenvalue weighted by atomic mass is 9.94. The molecule has 0 radical (unpaired) electrons. The second-order valence-electron chi connectivity index (χ2n) is 6.67. The Morgan fingerprint density at radius 1 is 1.24 bits per heavy atom. The van der Waals surface area contributed by atoms with Gasteiger partial charge >= 0.3 is 0 Å². The summed E-state index contributed by atoms with van der Waals surface area (Å²) in [7, 11) is 1.95. The summed E-state index contributed by atoms with van der Waals surface area (Å²) in [6.07, 6.45) is 8.79. The van der Waals surface area contributed by atoms with Gasteiger partial charge < -0.3 is 4.90 Å². The van der Waals surface area contributed by atoms with E-state index in [4.69, 9.17) is 0 Å². The third-order valence-corrected chi connectivity index (χ3v) is 6.12. The number of aromatic nitrogens is 2. The molecule has 1 fully saturated rings. The molecule has 25 heavy (non-hydrogen) atoms. The van der Waals surface area contributed by atoms with Crippen molar-refractivity contribution in [2.45, 2.75) is 56.5 Å². The number of carbonyl (C=O) groups excluding carboxylic acids is 1. The molecule has 0 spiro atoms. The van der Waals surface area contributed by atoms with E-state index >= 15 is 0 Å².